The maximum absolute atomic E-state index is 12.1. The average Bonchev–Trinajstić information content (AvgIpc) is 2.70. The zero-order valence-electron chi connectivity index (χ0n) is 9.51. The van der Waals surface area contributed by atoms with Gasteiger partial charge in [0.1, 0.15) is 4.21 Å². The minimum absolute atomic E-state index is 0.0279. The second-order valence-electron chi connectivity index (χ2n) is 4.57. The van der Waals surface area contributed by atoms with Crippen LogP contribution >= 0.6 is 27.3 Å². The molecule has 1 saturated heterocycles. The smallest absolute Gasteiger partial charge is 0.229 e. The van der Waals surface area contributed by atoms with Crippen molar-refractivity contribution in [2.45, 2.75) is 23.1 Å². The van der Waals surface area contributed by atoms with Gasteiger partial charge in [0.15, 0.2) is 9.84 Å². The first-order valence-corrected chi connectivity index (χ1v) is 10.0. The molecule has 5 nitrogen and oxygen atoms in total. The maximum Gasteiger partial charge on any atom is 0.250 e. The van der Waals surface area contributed by atoms with Crippen LogP contribution in [0.2, 0.25) is 0 Å². The van der Waals surface area contributed by atoms with Crippen LogP contribution in [0, 0.1) is 0 Å². The van der Waals surface area contributed by atoms with Crippen molar-refractivity contribution < 1.29 is 16.8 Å². The van der Waals surface area contributed by atoms with Crippen molar-refractivity contribution in [1.29, 1.82) is 0 Å². The SMILES string of the molecule is C[C@]1(NS(=O)(=O)c2ccc(Br)s2)CCS(=O)(=O)C1. The van der Waals surface area contributed by atoms with Gasteiger partial charge in [-0.25, -0.2) is 21.6 Å². The average molecular weight is 374 g/mol. The first-order chi connectivity index (χ1) is 8.12. The van der Waals surface area contributed by atoms with Crippen molar-refractivity contribution in [2.75, 3.05) is 11.5 Å². The molecule has 2 rings (SSSR count). The molecular formula is C9H12BrNO4S3. The Morgan fingerprint density at radius 1 is 1.44 bits per heavy atom. The van der Waals surface area contributed by atoms with E-state index in [-0.39, 0.29) is 15.7 Å². The summed E-state index contributed by atoms with van der Waals surface area (Å²) in [5.41, 5.74) is -0.909. The number of nitrogens with one attached hydrogen (secondary N) is 1. The second kappa shape index (κ2) is 4.55. The van der Waals surface area contributed by atoms with E-state index < -0.39 is 25.4 Å². The molecule has 0 bridgehead atoms. The van der Waals surface area contributed by atoms with Crippen LogP contribution in [0.15, 0.2) is 20.1 Å². The first-order valence-electron chi connectivity index (χ1n) is 5.12. The van der Waals surface area contributed by atoms with Crippen LogP contribution < -0.4 is 4.72 Å². The van der Waals surface area contributed by atoms with Crippen LogP contribution in [0.3, 0.4) is 0 Å². The first kappa shape index (κ1) is 14.4. The molecular weight excluding hydrogens is 362 g/mol. The highest BCUT2D eigenvalue weighted by atomic mass is 79.9. The number of rotatable bonds is 3. The van der Waals surface area contributed by atoms with Crippen LogP contribution in [0.5, 0.6) is 0 Å². The molecule has 0 spiro atoms. The second-order valence-corrected chi connectivity index (χ2v) is 11.1. The number of halogens is 1. The Balaban J connectivity index is 2.24. The van der Waals surface area contributed by atoms with E-state index in [1.54, 1.807) is 13.0 Å². The molecule has 0 radical (unpaired) electrons. The van der Waals surface area contributed by atoms with Gasteiger partial charge in [-0.05, 0) is 41.4 Å². The molecule has 1 aromatic rings. The minimum Gasteiger partial charge on any atom is -0.229 e. The van der Waals surface area contributed by atoms with Crippen LogP contribution in [0.25, 0.3) is 0 Å². The Hall–Kier alpha value is 0.0400. The Kier molecular flexibility index (Phi) is 3.65. The van der Waals surface area contributed by atoms with Crippen LogP contribution in [0.4, 0.5) is 0 Å². The van der Waals surface area contributed by atoms with Gasteiger partial charge in [0.05, 0.1) is 15.3 Å². The van der Waals surface area contributed by atoms with E-state index in [0.717, 1.165) is 11.3 Å². The van der Waals surface area contributed by atoms with Crippen molar-refractivity contribution in [3.05, 3.63) is 15.9 Å². The van der Waals surface area contributed by atoms with Crippen LogP contribution in [0.1, 0.15) is 13.3 Å². The highest BCUT2D eigenvalue weighted by molar-refractivity contribution is 9.11. The fourth-order valence-corrected chi connectivity index (χ4v) is 7.54. The molecule has 2 heterocycles. The van der Waals surface area contributed by atoms with Gasteiger partial charge in [0, 0.05) is 5.54 Å². The lowest BCUT2D eigenvalue weighted by atomic mass is 10.0. The predicted octanol–water partition coefficient (Wildman–Crippen LogP) is 1.37. The lowest BCUT2D eigenvalue weighted by molar-refractivity contribution is 0.462. The molecule has 0 aliphatic carbocycles. The third-order valence-electron chi connectivity index (χ3n) is 2.70. The molecule has 0 amide bonds. The molecule has 0 unspecified atom stereocenters. The van der Waals surface area contributed by atoms with Crippen LogP contribution in [-0.4, -0.2) is 33.9 Å². The zero-order valence-corrected chi connectivity index (χ0v) is 13.5. The summed E-state index contributed by atoms with van der Waals surface area (Å²) < 4.78 is 50.5. The molecule has 0 aromatic carbocycles. The van der Waals surface area contributed by atoms with E-state index in [4.69, 9.17) is 0 Å². The highest BCUT2D eigenvalue weighted by Gasteiger charge is 2.41. The molecule has 9 heteroatoms. The summed E-state index contributed by atoms with van der Waals surface area (Å²) in [4.78, 5) is 0. The van der Waals surface area contributed by atoms with E-state index in [1.165, 1.54) is 6.07 Å². The third kappa shape index (κ3) is 3.13. The highest BCUT2D eigenvalue weighted by Crippen LogP contribution is 2.29. The Morgan fingerprint density at radius 3 is 2.56 bits per heavy atom. The standard InChI is InChI=1S/C9H12BrNO4S3/c1-9(4-5-17(12,13)6-9)11-18(14,15)8-3-2-7(10)16-8/h2-3,11H,4-6H2,1H3/t9-/m0/s1. The van der Waals surface area contributed by atoms with Gasteiger partial charge < -0.3 is 0 Å². The van der Waals surface area contributed by atoms with E-state index in [0.29, 0.717) is 10.2 Å². The molecule has 1 N–H and O–H groups in total. The number of hydrogen-bond donors (Lipinski definition) is 1. The molecule has 1 aliphatic heterocycles. The summed E-state index contributed by atoms with van der Waals surface area (Å²) in [6.45, 7) is 1.62. The summed E-state index contributed by atoms with van der Waals surface area (Å²) in [7, 11) is -6.79. The molecule has 0 saturated carbocycles. The molecule has 1 aromatic heterocycles. The summed E-state index contributed by atoms with van der Waals surface area (Å²) in [6.07, 6.45) is 0.307. The molecule has 18 heavy (non-hydrogen) atoms. The lowest BCUT2D eigenvalue weighted by Crippen LogP contribution is -2.46. The number of thiophene rings is 1. The van der Waals surface area contributed by atoms with Gasteiger partial charge in [0.2, 0.25) is 0 Å². The lowest BCUT2D eigenvalue weighted by Gasteiger charge is -2.22. The Labute approximate surface area is 119 Å². The summed E-state index contributed by atoms with van der Waals surface area (Å²) in [5, 5.41) is 0. The Bertz CT molecular complexity index is 664. The molecule has 102 valence electrons. The molecule has 1 atom stereocenters. The monoisotopic (exact) mass is 373 g/mol. The molecule has 1 fully saturated rings. The topological polar surface area (TPSA) is 80.3 Å². The van der Waals surface area contributed by atoms with Crippen molar-refractivity contribution in [1.82, 2.24) is 4.72 Å². The maximum atomic E-state index is 12.1. The molecule has 1 aliphatic rings. The van der Waals surface area contributed by atoms with Crippen molar-refractivity contribution >= 4 is 47.1 Å². The summed E-state index contributed by atoms with van der Waals surface area (Å²) >= 11 is 4.29. The van der Waals surface area contributed by atoms with E-state index in [9.17, 15) is 16.8 Å². The van der Waals surface area contributed by atoms with E-state index in [2.05, 4.69) is 20.7 Å². The largest absolute Gasteiger partial charge is 0.250 e. The quantitative estimate of drug-likeness (QED) is 0.867. The summed E-state index contributed by atoms with van der Waals surface area (Å²) in [6, 6.07) is 3.14. The van der Waals surface area contributed by atoms with Crippen molar-refractivity contribution in [3.63, 3.8) is 0 Å². The summed E-state index contributed by atoms with van der Waals surface area (Å²) in [5.74, 6) is -0.119. The fourth-order valence-electron chi connectivity index (χ4n) is 1.91. The van der Waals surface area contributed by atoms with Crippen molar-refractivity contribution in [3.8, 4) is 0 Å². The van der Waals surface area contributed by atoms with Crippen LogP contribution in [-0.2, 0) is 19.9 Å². The Morgan fingerprint density at radius 2 is 2.11 bits per heavy atom. The van der Waals surface area contributed by atoms with Gasteiger partial charge in [-0.15, -0.1) is 11.3 Å². The number of sulfonamides is 1. The van der Waals surface area contributed by atoms with Gasteiger partial charge in [-0.1, -0.05) is 0 Å². The van der Waals surface area contributed by atoms with Crippen molar-refractivity contribution in [2.24, 2.45) is 0 Å². The normalized spacial score (nSPS) is 27.4. The van der Waals surface area contributed by atoms with Gasteiger partial charge in [0.25, 0.3) is 10.0 Å². The van der Waals surface area contributed by atoms with Gasteiger partial charge in [-0.2, -0.15) is 0 Å². The van der Waals surface area contributed by atoms with Gasteiger partial charge >= 0.3 is 0 Å². The van der Waals surface area contributed by atoms with Gasteiger partial charge in [-0.3, -0.25) is 0 Å². The predicted molar refractivity (Wildman–Crippen MR) is 74.0 cm³/mol. The minimum atomic E-state index is -3.66. The van der Waals surface area contributed by atoms with E-state index in [1.807, 2.05) is 0 Å². The van der Waals surface area contributed by atoms with E-state index >= 15 is 0 Å². The number of hydrogen-bond acceptors (Lipinski definition) is 5. The third-order valence-corrected chi connectivity index (χ3v) is 8.35. The zero-order chi connectivity index (χ0) is 13.6. The number of sulfone groups is 1. The fraction of sp³-hybridized carbons (Fsp3) is 0.556.